The Bertz CT molecular complexity index is 1310. The summed E-state index contributed by atoms with van der Waals surface area (Å²) in [6.45, 7) is 17.8. The van der Waals surface area contributed by atoms with Gasteiger partial charge in [-0.3, -0.25) is 24.0 Å². The van der Waals surface area contributed by atoms with Crippen molar-refractivity contribution in [2.75, 3.05) is 7.05 Å². The first-order valence-electron chi connectivity index (χ1n) is 17.7. The van der Waals surface area contributed by atoms with Crippen molar-refractivity contribution in [1.82, 2.24) is 26.2 Å². The number of carbonyl (C=O) groups is 6. The fourth-order valence-electron chi connectivity index (χ4n) is 5.38. The number of benzene rings is 1. The second kappa shape index (κ2) is 20.6. The van der Waals surface area contributed by atoms with E-state index in [-0.39, 0.29) is 24.2 Å². The van der Waals surface area contributed by atoms with Gasteiger partial charge in [-0.25, -0.2) is 4.79 Å². The molecule has 6 amide bonds. The van der Waals surface area contributed by atoms with E-state index in [9.17, 15) is 33.9 Å². The molecule has 1 aromatic carbocycles. The summed E-state index contributed by atoms with van der Waals surface area (Å²) in [7, 11) is 1.34. The number of aliphatic hydroxyl groups excluding tert-OH is 1. The van der Waals surface area contributed by atoms with Crippen LogP contribution in [0.4, 0.5) is 4.79 Å². The van der Waals surface area contributed by atoms with Crippen LogP contribution in [0.25, 0.3) is 0 Å². The van der Waals surface area contributed by atoms with Gasteiger partial charge >= 0.3 is 6.09 Å². The second-order valence-electron chi connectivity index (χ2n) is 15.4. The van der Waals surface area contributed by atoms with Crippen molar-refractivity contribution in [1.29, 1.82) is 0 Å². The van der Waals surface area contributed by atoms with Gasteiger partial charge < -0.3 is 41.7 Å². The van der Waals surface area contributed by atoms with Gasteiger partial charge in [-0.05, 0) is 56.9 Å². The predicted molar refractivity (Wildman–Crippen MR) is 195 cm³/mol. The molecule has 0 aliphatic carbocycles. The number of carbonyl (C=O) groups excluding carboxylic acids is 6. The highest BCUT2D eigenvalue weighted by atomic mass is 16.6. The van der Waals surface area contributed by atoms with Crippen LogP contribution in [0.2, 0.25) is 0 Å². The number of hydrogen-bond acceptors (Lipinski definition) is 8. The maximum Gasteiger partial charge on any atom is 0.408 e. The van der Waals surface area contributed by atoms with E-state index in [1.54, 1.807) is 41.5 Å². The standard InChI is InChI=1S/C37H62N6O8/c1-21(2)17-26(28(44)18-24(7)32(46)41-30(22(3)4)34(48)39-20-25-15-13-12-14-16-25)40-33(47)27(19-29(38)45)43(11)35(49)31(23(5)6)42-36(50)51-37(8,9)10/h12-16,21-24,26-28,30-31,44H,17-20H2,1-11H3,(H2,38,45)(H,39,48)(H,40,47)(H,41,46)(H,42,50)/t24-,26+,27+,28+,30+,31+/m1/s1. The lowest BCUT2D eigenvalue weighted by atomic mass is 9.91. The van der Waals surface area contributed by atoms with Crippen LogP contribution in [0.5, 0.6) is 0 Å². The van der Waals surface area contributed by atoms with Gasteiger partial charge in [0.2, 0.25) is 29.5 Å². The molecule has 0 unspecified atom stereocenters. The second-order valence-corrected chi connectivity index (χ2v) is 15.4. The summed E-state index contributed by atoms with van der Waals surface area (Å²) in [6, 6.07) is 5.28. The Hall–Kier alpha value is -4.20. The van der Waals surface area contributed by atoms with Gasteiger partial charge in [0, 0.05) is 19.5 Å². The van der Waals surface area contributed by atoms with Gasteiger partial charge in [0.25, 0.3) is 0 Å². The van der Waals surface area contributed by atoms with Crippen molar-refractivity contribution in [3.63, 3.8) is 0 Å². The highest BCUT2D eigenvalue weighted by molar-refractivity contribution is 5.94. The van der Waals surface area contributed by atoms with E-state index in [1.165, 1.54) is 7.05 Å². The van der Waals surface area contributed by atoms with Crippen LogP contribution >= 0.6 is 0 Å². The molecule has 0 saturated heterocycles. The van der Waals surface area contributed by atoms with Crippen LogP contribution in [0.1, 0.15) is 94.1 Å². The van der Waals surface area contributed by atoms with E-state index in [1.807, 2.05) is 58.0 Å². The smallest absolute Gasteiger partial charge is 0.408 e. The van der Waals surface area contributed by atoms with Gasteiger partial charge in [-0.15, -0.1) is 0 Å². The minimum Gasteiger partial charge on any atom is -0.444 e. The number of rotatable bonds is 19. The first-order valence-corrected chi connectivity index (χ1v) is 17.7. The first kappa shape index (κ1) is 44.8. The Balaban J connectivity index is 3.10. The molecule has 0 aliphatic rings. The molecular weight excluding hydrogens is 656 g/mol. The molecule has 0 aromatic heterocycles. The maximum atomic E-state index is 13.7. The molecule has 0 saturated carbocycles. The normalized spacial score (nSPS) is 15.2. The zero-order valence-electron chi connectivity index (χ0n) is 32.2. The summed E-state index contributed by atoms with van der Waals surface area (Å²) in [5, 5.41) is 22.4. The Morgan fingerprint density at radius 1 is 0.804 bits per heavy atom. The highest BCUT2D eigenvalue weighted by Gasteiger charge is 2.37. The average molecular weight is 719 g/mol. The van der Waals surface area contributed by atoms with E-state index < -0.39 is 83.9 Å². The summed E-state index contributed by atoms with van der Waals surface area (Å²) in [5.41, 5.74) is 5.59. The summed E-state index contributed by atoms with van der Waals surface area (Å²) in [4.78, 5) is 79.3. The Morgan fingerprint density at radius 3 is 1.86 bits per heavy atom. The number of alkyl carbamates (subject to hydrolysis) is 1. The van der Waals surface area contributed by atoms with Crippen molar-refractivity contribution < 1.29 is 38.6 Å². The molecule has 1 rings (SSSR count). The van der Waals surface area contributed by atoms with Crippen molar-refractivity contribution in [3.05, 3.63) is 35.9 Å². The lowest BCUT2D eigenvalue weighted by Crippen LogP contribution is -2.59. The average Bonchev–Trinajstić information content (AvgIpc) is 3.01. The van der Waals surface area contributed by atoms with Gasteiger partial charge in [-0.2, -0.15) is 0 Å². The largest absolute Gasteiger partial charge is 0.444 e. The fraction of sp³-hybridized carbons (Fsp3) is 0.676. The van der Waals surface area contributed by atoms with E-state index in [0.29, 0.717) is 13.0 Å². The Labute approximate surface area is 303 Å². The lowest BCUT2D eigenvalue weighted by Gasteiger charge is -2.34. The molecular formula is C37H62N6O8. The van der Waals surface area contributed by atoms with Crippen LogP contribution in [0.15, 0.2) is 30.3 Å². The molecule has 288 valence electrons. The third kappa shape index (κ3) is 16.1. The van der Waals surface area contributed by atoms with Crippen molar-refractivity contribution in [2.24, 2.45) is 29.4 Å². The zero-order valence-corrected chi connectivity index (χ0v) is 32.2. The lowest BCUT2D eigenvalue weighted by molar-refractivity contribution is -0.143. The maximum absolute atomic E-state index is 13.7. The zero-order chi connectivity index (χ0) is 39.2. The fourth-order valence-corrected chi connectivity index (χ4v) is 5.38. The molecule has 1 aromatic rings. The third-order valence-corrected chi connectivity index (χ3v) is 8.23. The predicted octanol–water partition coefficient (Wildman–Crippen LogP) is 2.61. The molecule has 14 heteroatoms. The number of nitrogens with one attached hydrogen (secondary N) is 4. The first-order chi connectivity index (χ1) is 23.5. The molecule has 0 radical (unpaired) electrons. The van der Waals surface area contributed by atoms with Crippen molar-refractivity contribution in [2.45, 2.75) is 131 Å². The van der Waals surface area contributed by atoms with E-state index in [4.69, 9.17) is 10.5 Å². The van der Waals surface area contributed by atoms with Gasteiger partial charge in [-0.1, -0.05) is 78.8 Å². The molecule has 6 atom stereocenters. The van der Waals surface area contributed by atoms with Gasteiger partial charge in [0.05, 0.1) is 18.6 Å². The van der Waals surface area contributed by atoms with Crippen LogP contribution in [-0.4, -0.2) is 88.6 Å². The number of amides is 6. The number of likely N-dealkylation sites (N-methyl/N-ethyl adjacent to an activating group) is 1. The molecule has 0 fully saturated rings. The van der Waals surface area contributed by atoms with E-state index in [0.717, 1.165) is 10.5 Å². The molecule has 0 aliphatic heterocycles. The number of nitrogens with zero attached hydrogens (tertiary/aromatic N) is 1. The van der Waals surface area contributed by atoms with Crippen molar-refractivity contribution >= 4 is 35.6 Å². The SMILES string of the molecule is CC(C)C[C@H](NC(=O)[C@H](CC(N)=O)N(C)C(=O)[C@@H](NC(=O)OC(C)(C)C)C(C)C)[C@@H](O)C[C@@H](C)C(=O)N[C@H](C(=O)NCc1ccccc1)C(C)C. The summed E-state index contributed by atoms with van der Waals surface area (Å²) >= 11 is 0. The number of nitrogens with two attached hydrogens (primary N) is 1. The van der Waals surface area contributed by atoms with Crippen LogP contribution in [0, 0.1) is 23.7 Å². The Kier molecular flexibility index (Phi) is 18.1. The number of hydrogen-bond donors (Lipinski definition) is 6. The van der Waals surface area contributed by atoms with Crippen LogP contribution < -0.4 is 27.0 Å². The number of ether oxygens (including phenoxy) is 1. The topological polar surface area (TPSA) is 209 Å². The molecule has 0 spiro atoms. The quantitative estimate of drug-likeness (QED) is 0.125. The molecule has 0 heterocycles. The van der Waals surface area contributed by atoms with Crippen LogP contribution in [0.3, 0.4) is 0 Å². The van der Waals surface area contributed by atoms with Crippen molar-refractivity contribution in [3.8, 4) is 0 Å². The van der Waals surface area contributed by atoms with Gasteiger partial charge in [0.1, 0.15) is 23.7 Å². The molecule has 14 nitrogen and oxygen atoms in total. The molecule has 0 bridgehead atoms. The highest BCUT2D eigenvalue weighted by Crippen LogP contribution is 2.18. The molecule has 7 N–H and O–H groups in total. The minimum atomic E-state index is -1.36. The monoisotopic (exact) mass is 718 g/mol. The third-order valence-electron chi connectivity index (χ3n) is 8.23. The minimum absolute atomic E-state index is 0.00464. The Morgan fingerprint density at radius 2 is 1.37 bits per heavy atom. The van der Waals surface area contributed by atoms with E-state index in [2.05, 4.69) is 21.3 Å². The molecule has 51 heavy (non-hydrogen) atoms. The number of aliphatic hydroxyl groups is 1. The number of primary amides is 1. The summed E-state index contributed by atoms with van der Waals surface area (Å²) in [6.07, 6.45) is -2.27. The van der Waals surface area contributed by atoms with Crippen LogP contribution in [-0.2, 0) is 35.3 Å². The summed E-state index contributed by atoms with van der Waals surface area (Å²) < 4.78 is 5.31. The summed E-state index contributed by atoms with van der Waals surface area (Å²) in [5.74, 6) is -4.35. The van der Waals surface area contributed by atoms with E-state index >= 15 is 0 Å². The van der Waals surface area contributed by atoms with Gasteiger partial charge in [0.15, 0.2) is 0 Å².